The fourth-order valence-electron chi connectivity index (χ4n) is 1.67. The van der Waals surface area contributed by atoms with Crippen LogP contribution in [-0.4, -0.2) is 18.6 Å². The van der Waals surface area contributed by atoms with E-state index in [-0.39, 0.29) is 0 Å². The van der Waals surface area contributed by atoms with Crippen molar-refractivity contribution in [1.29, 1.82) is 0 Å². The number of likely N-dealkylation sites (N-methyl/N-ethyl adjacent to an activating group) is 1. The van der Waals surface area contributed by atoms with E-state index in [0.29, 0.717) is 0 Å². The molecule has 0 radical (unpaired) electrons. The molecule has 2 heterocycles. The molecule has 1 aromatic heterocycles. The quantitative estimate of drug-likeness (QED) is 0.680. The molecule has 14 heavy (non-hydrogen) atoms. The van der Waals surface area contributed by atoms with Gasteiger partial charge in [0.2, 0.25) is 0 Å². The number of rotatable bonds is 1. The molecule has 2 heteroatoms. The number of pyridine rings is 1. The maximum Gasteiger partial charge on any atom is 0.131 e. The summed E-state index contributed by atoms with van der Waals surface area (Å²) in [5, 5.41) is 0. The number of aryl methyl sites for hydroxylation is 1. The predicted octanol–water partition coefficient (Wildman–Crippen LogP) is 2.66. The number of aromatic nitrogens is 1. The Labute approximate surface area is 87.0 Å². The second-order valence-electron chi connectivity index (χ2n) is 3.35. The third-order valence-electron chi connectivity index (χ3n) is 2.49. The lowest BCUT2D eigenvalue weighted by atomic mass is 10.1. The van der Waals surface area contributed by atoms with Gasteiger partial charge in [0.15, 0.2) is 0 Å². The van der Waals surface area contributed by atoms with E-state index in [1.54, 1.807) is 0 Å². The minimum atomic E-state index is 1.09. The van der Waals surface area contributed by atoms with Gasteiger partial charge in [-0.15, -0.1) is 0 Å². The van der Waals surface area contributed by atoms with Crippen molar-refractivity contribution in [2.75, 3.05) is 18.5 Å². The van der Waals surface area contributed by atoms with E-state index < -0.39 is 0 Å². The van der Waals surface area contributed by atoms with Gasteiger partial charge in [0.05, 0.1) is 0 Å². The maximum atomic E-state index is 4.44. The van der Waals surface area contributed by atoms with E-state index in [1.165, 1.54) is 16.9 Å². The summed E-state index contributed by atoms with van der Waals surface area (Å²) >= 11 is 0. The maximum absolute atomic E-state index is 4.44. The van der Waals surface area contributed by atoms with Gasteiger partial charge in [-0.1, -0.05) is 26.8 Å². The van der Waals surface area contributed by atoms with Crippen LogP contribution < -0.4 is 4.90 Å². The van der Waals surface area contributed by atoms with Gasteiger partial charge in [-0.05, 0) is 24.0 Å². The highest BCUT2D eigenvalue weighted by atomic mass is 15.2. The molecule has 0 N–H and O–H groups in total. The Bertz CT molecular complexity index is 294. The van der Waals surface area contributed by atoms with Crippen LogP contribution in [0.15, 0.2) is 12.3 Å². The Morgan fingerprint density at radius 3 is 2.79 bits per heavy atom. The molecule has 0 saturated carbocycles. The summed E-state index contributed by atoms with van der Waals surface area (Å²) in [4.78, 5) is 6.65. The van der Waals surface area contributed by atoms with E-state index in [4.69, 9.17) is 0 Å². The highest BCUT2D eigenvalue weighted by Crippen LogP contribution is 2.24. The van der Waals surface area contributed by atoms with Crippen molar-refractivity contribution in [3.8, 4) is 0 Å². The second-order valence-corrected chi connectivity index (χ2v) is 3.35. The van der Waals surface area contributed by atoms with Gasteiger partial charge in [-0.2, -0.15) is 0 Å². The normalized spacial score (nSPS) is 13.3. The minimum absolute atomic E-state index is 1.09. The molecule has 78 valence electrons. The summed E-state index contributed by atoms with van der Waals surface area (Å²) in [6, 6.07) is 2.28. The highest BCUT2D eigenvalue weighted by Gasteiger charge is 2.16. The lowest BCUT2D eigenvalue weighted by Crippen LogP contribution is -2.13. The molecule has 0 saturated heterocycles. The standard InChI is InChI=1S/C10H14N2.C2H6/c1-3-8-6-9-4-5-12(2)10(9)11-7-8;1-2/h6-7H,3-5H2,1-2H3;1-2H3. The molecule has 0 atom stereocenters. The summed E-state index contributed by atoms with van der Waals surface area (Å²) in [7, 11) is 2.10. The van der Waals surface area contributed by atoms with E-state index in [2.05, 4.69) is 29.9 Å². The van der Waals surface area contributed by atoms with Gasteiger partial charge in [0.1, 0.15) is 5.82 Å². The molecule has 0 spiro atoms. The van der Waals surface area contributed by atoms with Crippen LogP contribution in [0.1, 0.15) is 31.9 Å². The molecule has 1 aliphatic rings. The molecule has 2 nitrogen and oxygen atoms in total. The molecule has 0 aromatic carbocycles. The fraction of sp³-hybridized carbons (Fsp3) is 0.583. The van der Waals surface area contributed by atoms with Crippen molar-refractivity contribution in [3.63, 3.8) is 0 Å². The lowest BCUT2D eigenvalue weighted by molar-refractivity contribution is 0.945. The zero-order valence-corrected chi connectivity index (χ0v) is 9.67. The van der Waals surface area contributed by atoms with E-state index in [0.717, 1.165) is 19.4 Å². The highest BCUT2D eigenvalue weighted by molar-refractivity contribution is 5.51. The zero-order chi connectivity index (χ0) is 10.6. The van der Waals surface area contributed by atoms with Crippen molar-refractivity contribution in [2.24, 2.45) is 0 Å². The Morgan fingerprint density at radius 1 is 1.43 bits per heavy atom. The van der Waals surface area contributed by atoms with Crippen molar-refractivity contribution in [1.82, 2.24) is 4.98 Å². The van der Waals surface area contributed by atoms with Crippen molar-refractivity contribution >= 4 is 5.82 Å². The Hall–Kier alpha value is -1.05. The summed E-state index contributed by atoms with van der Waals surface area (Å²) in [6.45, 7) is 7.29. The molecule has 0 bridgehead atoms. The number of hydrogen-bond acceptors (Lipinski definition) is 2. The van der Waals surface area contributed by atoms with Gasteiger partial charge in [0.25, 0.3) is 0 Å². The Balaban J connectivity index is 0.000000461. The first-order valence-electron chi connectivity index (χ1n) is 5.50. The number of nitrogens with zero attached hydrogens (tertiary/aromatic N) is 2. The molecule has 0 unspecified atom stereocenters. The van der Waals surface area contributed by atoms with Gasteiger partial charge in [-0.25, -0.2) is 4.98 Å². The van der Waals surface area contributed by atoms with E-state index in [9.17, 15) is 0 Å². The molecule has 1 aromatic rings. The number of anilines is 1. The Kier molecular flexibility index (Phi) is 3.93. The zero-order valence-electron chi connectivity index (χ0n) is 9.67. The third-order valence-corrected chi connectivity index (χ3v) is 2.49. The molecule has 0 fully saturated rings. The number of hydrogen-bond donors (Lipinski definition) is 0. The van der Waals surface area contributed by atoms with Crippen LogP contribution in [0, 0.1) is 0 Å². The Morgan fingerprint density at radius 2 is 2.14 bits per heavy atom. The van der Waals surface area contributed by atoms with Crippen LogP contribution in [0.3, 0.4) is 0 Å². The first kappa shape index (κ1) is 11.0. The molecule has 0 aliphatic carbocycles. The molecule has 0 amide bonds. The topological polar surface area (TPSA) is 16.1 Å². The van der Waals surface area contributed by atoms with Crippen LogP contribution in [0.4, 0.5) is 5.82 Å². The van der Waals surface area contributed by atoms with Crippen LogP contribution in [0.25, 0.3) is 0 Å². The van der Waals surface area contributed by atoms with Crippen LogP contribution in [-0.2, 0) is 12.8 Å². The second kappa shape index (κ2) is 4.99. The summed E-state index contributed by atoms with van der Waals surface area (Å²) in [5.41, 5.74) is 2.76. The average Bonchev–Trinajstić information content (AvgIpc) is 2.63. The lowest BCUT2D eigenvalue weighted by Gasteiger charge is -2.10. The number of fused-ring (bicyclic) bond motifs is 1. The monoisotopic (exact) mass is 192 g/mol. The fourth-order valence-corrected chi connectivity index (χ4v) is 1.67. The molecular formula is C12H20N2. The van der Waals surface area contributed by atoms with Gasteiger partial charge in [0, 0.05) is 19.8 Å². The van der Waals surface area contributed by atoms with E-state index >= 15 is 0 Å². The minimum Gasteiger partial charge on any atom is -0.359 e. The average molecular weight is 192 g/mol. The van der Waals surface area contributed by atoms with Gasteiger partial charge in [-0.3, -0.25) is 0 Å². The van der Waals surface area contributed by atoms with Gasteiger partial charge >= 0.3 is 0 Å². The smallest absolute Gasteiger partial charge is 0.131 e. The van der Waals surface area contributed by atoms with Crippen LogP contribution >= 0.6 is 0 Å². The summed E-state index contributed by atoms with van der Waals surface area (Å²) in [5.74, 6) is 1.17. The summed E-state index contributed by atoms with van der Waals surface area (Å²) < 4.78 is 0. The van der Waals surface area contributed by atoms with Crippen LogP contribution in [0.2, 0.25) is 0 Å². The first-order valence-corrected chi connectivity index (χ1v) is 5.50. The van der Waals surface area contributed by atoms with E-state index in [1.807, 2.05) is 20.0 Å². The molecular weight excluding hydrogens is 172 g/mol. The van der Waals surface area contributed by atoms with Crippen molar-refractivity contribution in [3.05, 3.63) is 23.4 Å². The van der Waals surface area contributed by atoms with Crippen LogP contribution in [0.5, 0.6) is 0 Å². The largest absolute Gasteiger partial charge is 0.359 e. The molecule has 2 rings (SSSR count). The summed E-state index contributed by atoms with van der Waals surface area (Å²) in [6.07, 6.45) is 4.23. The predicted molar refractivity (Wildman–Crippen MR) is 61.9 cm³/mol. The first-order chi connectivity index (χ1) is 6.81. The van der Waals surface area contributed by atoms with Gasteiger partial charge < -0.3 is 4.90 Å². The SMILES string of the molecule is CC.CCc1cnc2c(c1)CCN2C. The third kappa shape index (κ3) is 2.06. The van der Waals surface area contributed by atoms with Crippen molar-refractivity contribution in [2.45, 2.75) is 33.6 Å². The van der Waals surface area contributed by atoms with Crippen molar-refractivity contribution < 1.29 is 0 Å². The molecule has 1 aliphatic heterocycles.